The molecule has 0 atom stereocenters. The number of para-hydroxylation sites is 1. The Labute approximate surface area is 164 Å². The molecule has 0 saturated heterocycles. The van der Waals surface area contributed by atoms with E-state index >= 15 is 0 Å². The highest BCUT2D eigenvalue weighted by atomic mass is 16.3. The number of benzene rings is 4. The molecule has 0 saturated carbocycles. The van der Waals surface area contributed by atoms with E-state index in [1.54, 1.807) is 0 Å². The molecule has 5 rings (SSSR count). The van der Waals surface area contributed by atoms with Crippen LogP contribution in [0.2, 0.25) is 0 Å². The molecule has 2 heteroatoms. The predicted octanol–water partition coefficient (Wildman–Crippen LogP) is 7.33. The molecule has 0 radical (unpaired) electrons. The summed E-state index contributed by atoms with van der Waals surface area (Å²) in [4.78, 5) is 2.20. The fourth-order valence-electron chi connectivity index (χ4n) is 3.70. The van der Waals surface area contributed by atoms with Gasteiger partial charge in [-0.15, -0.1) is 0 Å². The van der Waals surface area contributed by atoms with E-state index in [0.29, 0.717) is 0 Å². The first-order valence-corrected chi connectivity index (χ1v) is 9.51. The molecule has 1 aromatic heterocycles. The van der Waals surface area contributed by atoms with Crippen molar-refractivity contribution in [2.75, 3.05) is 11.9 Å². The molecule has 0 bridgehead atoms. The van der Waals surface area contributed by atoms with E-state index in [0.717, 1.165) is 21.9 Å². The van der Waals surface area contributed by atoms with Crippen molar-refractivity contribution in [2.45, 2.75) is 6.92 Å². The van der Waals surface area contributed by atoms with Gasteiger partial charge in [-0.25, -0.2) is 0 Å². The zero-order valence-corrected chi connectivity index (χ0v) is 16.0. The molecule has 28 heavy (non-hydrogen) atoms. The first kappa shape index (κ1) is 16.6. The summed E-state index contributed by atoms with van der Waals surface area (Å²) in [6, 6.07) is 31.9. The summed E-state index contributed by atoms with van der Waals surface area (Å²) < 4.78 is 5.94. The van der Waals surface area contributed by atoms with Crippen molar-refractivity contribution in [2.24, 2.45) is 0 Å². The van der Waals surface area contributed by atoms with Crippen LogP contribution in [-0.2, 0) is 0 Å². The van der Waals surface area contributed by atoms with Crippen LogP contribution in [-0.4, -0.2) is 7.05 Å². The van der Waals surface area contributed by atoms with Gasteiger partial charge < -0.3 is 9.32 Å². The van der Waals surface area contributed by atoms with Crippen molar-refractivity contribution in [1.82, 2.24) is 0 Å². The molecular formula is C26H21NO. The normalized spacial score (nSPS) is 11.2. The number of aryl methyl sites for hydroxylation is 1. The molecule has 136 valence electrons. The highest BCUT2D eigenvalue weighted by Gasteiger charge is 2.09. The van der Waals surface area contributed by atoms with E-state index in [9.17, 15) is 0 Å². The minimum absolute atomic E-state index is 0.931. The maximum absolute atomic E-state index is 5.94. The predicted molar refractivity (Wildman–Crippen MR) is 118 cm³/mol. The van der Waals surface area contributed by atoms with Crippen molar-refractivity contribution in [1.29, 1.82) is 0 Å². The van der Waals surface area contributed by atoms with Gasteiger partial charge in [-0.2, -0.15) is 0 Å². The minimum Gasteiger partial charge on any atom is -0.456 e. The first-order chi connectivity index (χ1) is 13.7. The number of furan rings is 1. The maximum atomic E-state index is 5.94. The van der Waals surface area contributed by atoms with Gasteiger partial charge in [0.1, 0.15) is 11.2 Å². The summed E-state index contributed by atoms with van der Waals surface area (Å²) in [6.07, 6.45) is 0. The van der Waals surface area contributed by atoms with E-state index in [1.165, 1.54) is 28.1 Å². The van der Waals surface area contributed by atoms with Crippen LogP contribution in [0, 0.1) is 6.92 Å². The number of hydrogen-bond donors (Lipinski definition) is 0. The molecule has 0 unspecified atom stereocenters. The molecule has 1 heterocycles. The van der Waals surface area contributed by atoms with Crippen molar-refractivity contribution < 1.29 is 4.42 Å². The molecule has 5 aromatic rings. The van der Waals surface area contributed by atoms with Gasteiger partial charge in [0.25, 0.3) is 0 Å². The number of anilines is 2. The van der Waals surface area contributed by atoms with E-state index < -0.39 is 0 Å². The number of hydrogen-bond acceptors (Lipinski definition) is 2. The molecular weight excluding hydrogens is 342 g/mol. The zero-order chi connectivity index (χ0) is 19.1. The highest BCUT2D eigenvalue weighted by molar-refractivity contribution is 6.06. The Hall–Kier alpha value is -3.52. The fraction of sp³-hybridized carbons (Fsp3) is 0.0769. The molecule has 0 aliphatic heterocycles. The third-order valence-electron chi connectivity index (χ3n) is 5.39. The highest BCUT2D eigenvalue weighted by Crippen LogP contribution is 2.33. The lowest BCUT2D eigenvalue weighted by Gasteiger charge is -2.20. The second-order valence-electron chi connectivity index (χ2n) is 7.25. The van der Waals surface area contributed by atoms with Crippen LogP contribution in [0.5, 0.6) is 0 Å². The Bertz CT molecular complexity index is 1260. The van der Waals surface area contributed by atoms with Crippen LogP contribution in [0.4, 0.5) is 11.4 Å². The summed E-state index contributed by atoms with van der Waals surface area (Å²) >= 11 is 0. The quantitative estimate of drug-likeness (QED) is 0.334. The SMILES string of the molecule is Cc1ccc(N(C)c2ccc(-c3ccc4oc5ccccc5c4c3)cc2)cc1. The molecule has 0 aliphatic rings. The molecule has 0 spiro atoms. The largest absolute Gasteiger partial charge is 0.456 e. The molecule has 4 aromatic carbocycles. The molecule has 0 fully saturated rings. The Morgan fingerprint density at radius 1 is 0.607 bits per heavy atom. The van der Waals surface area contributed by atoms with Crippen molar-refractivity contribution >= 4 is 33.3 Å². The summed E-state index contributed by atoms with van der Waals surface area (Å²) in [5, 5.41) is 2.32. The second kappa shape index (κ2) is 6.58. The lowest BCUT2D eigenvalue weighted by atomic mass is 10.0. The molecule has 0 amide bonds. The topological polar surface area (TPSA) is 16.4 Å². The van der Waals surface area contributed by atoms with E-state index in [2.05, 4.69) is 97.7 Å². The van der Waals surface area contributed by atoms with Gasteiger partial charge in [0.05, 0.1) is 0 Å². The van der Waals surface area contributed by atoms with Gasteiger partial charge in [0.2, 0.25) is 0 Å². The summed E-state index contributed by atoms with van der Waals surface area (Å²) in [6.45, 7) is 2.11. The van der Waals surface area contributed by atoms with E-state index in [1.807, 2.05) is 12.1 Å². The monoisotopic (exact) mass is 363 g/mol. The zero-order valence-electron chi connectivity index (χ0n) is 16.0. The van der Waals surface area contributed by atoms with Crippen molar-refractivity contribution in [3.63, 3.8) is 0 Å². The average molecular weight is 363 g/mol. The number of nitrogens with zero attached hydrogens (tertiary/aromatic N) is 1. The fourth-order valence-corrected chi connectivity index (χ4v) is 3.70. The summed E-state index contributed by atoms with van der Waals surface area (Å²) in [7, 11) is 2.10. The van der Waals surface area contributed by atoms with Gasteiger partial charge in [0.15, 0.2) is 0 Å². The molecule has 0 aliphatic carbocycles. The number of fused-ring (bicyclic) bond motifs is 3. The van der Waals surface area contributed by atoms with E-state index in [-0.39, 0.29) is 0 Å². The van der Waals surface area contributed by atoms with Gasteiger partial charge in [-0.1, -0.05) is 54.1 Å². The summed E-state index contributed by atoms with van der Waals surface area (Å²) in [5.41, 5.74) is 7.89. The van der Waals surface area contributed by atoms with Crippen LogP contribution in [0.25, 0.3) is 33.1 Å². The van der Waals surface area contributed by atoms with Crippen molar-refractivity contribution in [3.05, 3.63) is 96.6 Å². The van der Waals surface area contributed by atoms with Crippen molar-refractivity contribution in [3.8, 4) is 11.1 Å². The van der Waals surface area contributed by atoms with Crippen LogP contribution in [0.3, 0.4) is 0 Å². The van der Waals surface area contributed by atoms with Gasteiger partial charge in [0, 0.05) is 29.2 Å². The third-order valence-corrected chi connectivity index (χ3v) is 5.39. The Balaban J connectivity index is 1.50. The Kier molecular flexibility index (Phi) is 3.91. The standard InChI is InChI=1S/C26H21NO/c1-18-7-12-21(13-8-18)27(2)22-14-9-19(10-15-22)20-11-16-26-24(17-20)23-5-3-4-6-25(23)28-26/h3-17H,1-2H3. The van der Waals surface area contributed by atoms with Crippen LogP contribution in [0.15, 0.2) is 95.4 Å². The third kappa shape index (κ3) is 2.84. The lowest BCUT2D eigenvalue weighted by Crippen LogP contribution is -2.08. The Morgan fingerprint density at radius 3 is 1.96 bits per heavy atom. The maximum Gasteiger partial charge on any atom is 0.135 e. The molecule has 0 N–H and O–H groups in total. The van der Waals surface area contributed by atoms with Crippen LogP contribution in [0.1, 0.15) is 5.56 Å². The van der Waals surface area contributed by atoms with Gasteiger partial charge in [-0.05, 0) is 60.5 Å². The number of rotatable bonds is 3. The van der Waals surface area contributed by atoms with E-state index in [4.69, 9.17) is 4.42 Å². The summed E-state index contributed by atoms with van der Waals surface area (Å²) in [5.74, 6) is 0. The second-order valence-corrected chi connectivity index (χ2v) is 7.25. The molecule has 2 nitrogen and oxygen atoms in total. The average Bonchev–Trinajstić information content (AvgIpc) is 3.12. The van der Waals surface area contributed by atoms with Gasteiger partial charge >= 0.3 is 0 Å². The van der Waals surface area contributed by atoms with Gasteiger partial charge in [-0.3, -0.25) is 0 Å². The first-order valence-electron chi connectivity index (χ1n) is 9.51. The van der Waals surface area contributed by atoms with Crippen LogP contribution < -0.4 is 4.90 Å². The Morgan fingerprint density at radius 2 is 1.21 bits per heavy atom. The van der Waals surface area contributed by atoms with Crippen LogP contribution >= 0.6 is 0 Å². The minimum atomic E-state index is 0.931. The smallest absolute Gasteiger partial charge is 0.135 e. The lowest BCUT2D eigenvalue weighted by molar-refractivity contribution is 0.669.